The molecule has 0 amide bonds. The molecule has 0 saturated carbocycles. The Labute approximate surface area is 108 Å². The van der Waals surface area contributed by atoms with Gasteiger partial charge in [0.25, 0.3) is 0 Å². The van der Waals surface area contributed by atoms with E-state index in [1.165, 1.54) is 32.6 Å². The quantitative estimate of drug-likeness (QED) is 0.789. The molecule has 0 bridgehead atoms. The minimum Gasteiger partial charge on any atom is -0.314 e. The summed E-state index contributed by atoms with van der Waals surface area (Å²) in [6.07, 6.45) is 1.28. The van der Waals surface area contributed by atoms with Crippen molar-refractivity contribution >= 4 is 0 Å². The molecule has 1 fully saturated rings. The van der Waals surface area contributed by atoms with Crippen LogP contribution < -0.4 is 5.32 Å². The van der Waals surface area contributed by atoms with Crippen LogP contribution in [0.1, 0.15) is 34.1 Å². The summed E-state index contributed by atoms with van der Waals surface area (Å²) in [6.45, 7) is 16.4. The molecule has 1 aliphatic heterocycles. The molecule has 3 nitrogen and oxygen atoms in total. The normalized spacial score (nSPS) is 20.8. The van der Waals surface area contributed by atoms with E-state index >= 15 is 0 Å². The van der Waals surface area contributed by atoms with Crippen molar-refractivity contribution in [1.82, 2.24) is 15.1 Å². The van der Waals surface area contributed by atoms with Crippen molar-refractivity contribution in [2.45, 2.75) is 40.2 Å². The smallest absolute Gasteiger partial charge is 0.0195 e. The van der Waals surface area contributed by atoms with Gasteiger partial charge in [-0.05, 0) is 32.4 Å². The van der Waals surface area contributed by atoms with E-state index < -0.39 is 0 Å². The monoisotopic (exact) mass is 241 g/mol. The summed E-state index contributed by atoms with van der Waals surface area (Å²) in [4.78, 5) is 5.09. The zero-order valence-corrected chi connectivity index (χ0v) is 12.4. The topological polar surface area (TPSA) is 18.5 Å². The maximum absolute atomic E-state index is 3.41. The van der Waals surface area contributed by atoms with Crippen molar-refractivity contribution in [3.63, 3.8) is 0 Å². The molecule has 102 valence electrons. The third kappa shape index (κ3) is 6.39. The molecular formula is C14H31N3. The Hall–Kier alpha value is -0.120. The Morgan fingerprint density at radius 3 is 2.35 bits per heavy atom. The van der Waals surface area contributed by atoms with E-state index in [0.717, 1.165) is 13.1 Å². The van der Waals surface area contributed by atoms with Crippen molar-refractivity contribution in [2.24, 2.45) is 5.41 Å². The summed E-state index contributed by atoms with van der Waals surface area (Å²) in [5, 5.41) is 3.41. The van der Waals surface area contributed by atoms with Crippen molar-refractivity contribution in [3.8, 4) is 0 Å². The summed E-state index contributed by atoms with van der Waals surface area (Å²) in [5.41, 5.74) is 0.451. The molecule has 0 aromatic carbocycles. The fourth-order valence-corrected chi connectivity index (χ4v) is 2.31. The molecule has 0 radical (unpaired) electrons. The lowest BCUT2D eigenvalue weighted by Crippen LogP contribution is -2.50. The van der Waals surface area contributed by atoms with Gasteiger partial charge < -0.3 is 10.2 Å². The highest BCUT2D eigenvalue weighted by atomic mass is 15.2. The molecule has 3 heteroatoms. The van der Waals surface area contributed by atoms with Gasteiger partial charge in [-0.3, -0.25) is 4.90 Å². The highest BCUT2D eigenvalue weighted by Crippen LogP contribution is 2.18. The minimum absolute atomic E-state index is 0.451. The first kappa shape index (κ1) is 14.9. The summed E-state index contributed by atoms with van der Waals surface area (Å²) in [7, 11) is 2.25. The number of hydrogen-bond donors (Lipinski definition) is 1. The van der Waals surface area contributed by atoms with E-state index in [0.29, 0.717) is 11.5 Å². The molecule has 1 atom stereocenters. The minimum atomic E-state index is 0.451. The number of nitrogens with zero attached hydrogens (tertiary/aromatic N) is 2. The summed E-state index contributed by atoms with van der Waals surface area (Å²) >= 11 is 0. The largest absolute Gasteiger partial charge is 0.314 e. The van der Waals surface area contributed by atoms with E-state index in [1.807, 2.05) is 0 Å². The van der Waals surface area contributed by atoms with Gasteiger partial charge in [0.05, 0.1) is 0 Å². The standard InChI is InChI=1S/C14H31N3/c1-13(17-10-7-15-8-11-17)12-16(5)9-6-14(2,3)4/h13,15H,6-12H2,1-5H3. The van der Waals surface area contributed by atoms with Gasteiger partial charge in [-0.25, -0.2) is 0 Å². The Bertz CT molecular complexity index is 204. The number of likely N-dealkylation sites (N-methyl/N-ethyl adjacent to an activating group) is 1. The third-order valence-corrected chi connectivity index (χ3v) is 3.59. The van der Waals surface area contributed by atoms with E-state index in [2.05, 4.69) is 49.9 Å². The van der Waals surface area contributed by atoms with Crippen LogP contribution in [0.5, 0.6) is 0 Å². The Morgan fingerprint density at radius 2 is 1.82 bits per heavy atom. The van der Waals surface area contributed by atoms with Gasteiger partial charge in [0.2, 0.25) is 0 Å². The van der Waals surface area contributed by atoms with Crippen LogP contribution in [0, 0.1) is 5.41 Å². The van der Waals surface area contributed by atoms with Crippen LogP contribution in [-0.4, -0.2) is 62.2 Å². The first-order valence-electron chi connectivity index (χ1n) is 7.02. The van der Waals surface area contributed by atoms with Crippen molar-refractivity contribution in [2.75, 3.05) is 46.3 Å². The Kier molecular flexibility index (Phi) is 5.90. The average molecular weight is 241 g/mol. The summed E-state index contributed by atoms with van der Waals surface area (Å²) in [6, 6.07) is 0.682. The van der Waals surface area contributed by atoms with Crippen LogP contribution in [0.15, 0.2) is 0 Å². The van der Waals surface area contributed by atoms with Gasteiger partial charge in [0.15, 0.2) is 0 Å². The molecule has 1 saturated heterocycles. The molecule has 0 spiro atoms. The third-order valence-electron chi connectivity index (χ3n) is 3.59. The zero-order chi connectivity index (χ0) is 12.9. The van der Waals surface area contributed by atoms with Gasteiger partial charge in [0.1, 0.15) is 0 Å². The molecule has 1 heterocycles. The summed E-state index contributed by atoms with van der Waals surface area (Å²) in [5.74, 6) is 0. The molecule has 1 unspecified atom stereocenters. The Morgan fingerprint density at radius 1 is 1.24 bits per heavy atom. The predicted molar refractivity (Wildman–Crippen MR) is 75.5 cm³/mol. The highest BCUT2D eigenvalue weighted by molar-refractivity contribution is 4.76. The maximum atomic E-state index is 3.41. The first-order chi connectivity index (χ1) is 7.88. The Balaban J connectivity index is 2.22. The van der Waals surface area contributed by atoms with Gasteiger partial charge in [-0.15, -0.1) is 0 Å². The van der Waals surface area contributed by atoms with Crippen molar-refractivity contribution in [3.05, 3.63) is 0 Å². The molecular weight excluding hydrogens is 210 g/mol. The molecule has 17 heavy (non-hydrogen) atoms. The number of nitrogens with one attached hydrogen (secondary N) is 1. The van der Waals surface area contributed by atoms with Crippen LogP contribution in [0.3, 0.4) is 0 Å². The molecule has 0 aromatic heterocycles. The summed E-state index contributed by atoms with van der Waals surface area (Å²) < 4.78 is 0. The fraction of sp³-hybridized carbons (Fsp3) is 1.00. The second-order valence-electron chi connectivity index (χ2n) is 6.71. The number of piperazine rings is 1. The molecule has 1 rings (SSSR count). The molecule has 1 N–H and O–H groups in total. The van der Waals surface area contributed by atoms with Gasteiger partial charge in [-0.1, -0.05) is 20.8 Å². The van der Waals surface area contributed by atoms with Crippen LogP contribution in [0.2, 0.25) is 0 Å². The lowest BCUT2D eigenvalue weighted by atomic mass is 9.92. The van der Waals surface area contributed by atoms with Crippen LogP contribution >= 0.6 is 0 Å². The number of rotatable bonds is 5. The molecule has 1 aliphatic rings. The SMILES string of the molecule is CC(CN(C)CCC(C)(C)C)N1CCNCC1. The van der Waals surface area contributed by atoms with Crippen LogP contribution in [-0.2, 0) is 0 Å². The lowest BCUT2D eigenvalue weighted by Gasteiger charge is -2.35. The van der Waals surface area contributed by atoms with Gasteiger partial charge in [-0.2, -0.15) is 0 Å². The first-order valence-corrected chi connectivity index (χ1v) is 7.02. The van der Waals surface area contributed by atoms with E-state index in [9.17, 15) is 0 Å². The maximum Gasteiger partial charge on any atom is 0.0195 e. The van der Waals surface area contributed by atoms with E-state index in [-0.39, 0.29) is 0 Å². The predicted octanol–water partition coefficient (Wildman–Crippen LogP) is 1.65. The second kappa shape index (κ2) is 6.72. The average Bonchev–Trinajstić information content (AvgIpc) is 2.27. The molecule has 0 aliphatic carbocycles. The van der Waals surface area contributed by atoms with Crippen molar-refractivity contribution < 1.29 is 0 Å². The zero-order valence-electron chi connectivity index (χ0n) is 12.4. The van der Waals surface area contributed by atoms with E-state index in [1.54, 1.807) is 0 Å². The lowest BCUT2D eigenvalue weighted by molar-refractivity contribution is 0.140. The van der Waals surface area contributed by atoms with E-state index in [4.69, 9.17) is 0 Å². The molecule has 0 aromatic rings. The number of hydrogen-bond acceptors (Lipinski definition) is 3. The van der Waals surface area contributed by atoms with Gasteiger partial charge in [0, 0.05) is 38.8 Å². The van der Waals surface area contributed by atoms with Gasteiger partial charge >= 0.3 is 0 Å². The highest BCUT2D eigenvalue weighted by Gasteiger charge is 2.18. The second-order valence-corrected chi connectivity index (χ2v) is 6.71. The van der Waals surface area contributed by atoms with Crippen molar-refractivity contribution in [1.29, 1.82) is 0 Å². The fourth-order valence-electron chi connectivity index (χ4n) is 2.31. The van der Waals surface area contributed by atoms with Crippen LogP contribution in [0.25, 0.3) is 0 Å². The van der Waals surface area contributed by atoms with Crippen LogP contribution in [0.4, 0.5) is 0 Å².